The first-order valence-electron chi connectivity index (χ1n) is 14.7. The largest absolute Gasteiger partial charge is 0.402 e. The molecule has 0 bridgehead atoms. The number of allylic oxidation sites excluding steroid dienone is 7. The van der Waals surface area contributed by atoms with Crippen LogP contribution in [0, 0.1) is 11.8 Å². The zero-order valence-corrected chi connectivity index (χ0v) is 26.8. The molecule has 0 radical (unpaired) electrons. The Kier molecular flexibility index (Phi) is 23.9. The molecule has 0 aliphatic heterocycles. The molecule has 2 nitrogen and oxygen atoms in total. The summed E-state index contributed by atoms with van der Waals surface area (Å²) in [5.74, 6) is 1.48. The maximum atomic E-state index is 5.86. The van der Waals surface area contributed by atoms with Gasteiger partial charge in [-0.2, -0.15) is 0 Å². The van der Waals surface area contributed by atoms with Gasteiger partial charge in [0.1, 0.15) is 0 Å². The van der Waals surface area contributed by atoms with E-state index in [-0.39, 0.29) is 0 Å². The van der Waals surface area contributed by atoms with Crippen molar-refractivity contribution in [1.82, 2.24) is 5.32 Å². The number of hydrogen-bond donors (Lipinski definition) is 2. The van der Waals surface area contributed by atoms with Crippen LogP contribution in [-0.4, -0.2) is 6.54 Å². The molecule has 0 heterocycles. The predicted molar refractivity (Wildman–Crippen MR) is 176 cm³/mol. The predicted octanol–water partition coefficient (Wildman–Crippen LogP) is 11.1. The lowest BCUT2D eigenvalue weighted by Crippen LogP contribution is -2.18. The Hall–Kier alpha value is -2.19. The van der Waals surface area contributed by atoms with E-state index in [0.717, 1.165) is 29.4 Å². The summed E-state index contributed by atoms with van der Waals surface area (Å²) in [4.78, 5) is 0. The van der Waals surface area contributed by atoms with Crippen LogP contribution in [0.2, 0.25) is 5.02 Å². The third kappa shape index (κ3) is 17.3. The molecule has 0 aromatic heterocycles. The van der Waals surface area contributed by atoms with Crippen LogP contribution in [-0.2, 0) is 0 Å². The summed E-state index contributed by atoms with van der Waals surface area (Å²) in [6, 6.07) is 7.96. The molecule has 0 fully saturated rings. The average Bonchev–Trinajstić information content (AvgIpc) is 2.91. The third-order valence-electron chi connectivity index (χ3n) is 6.48. The second kappa shape index (κ2) is 23.9. The van der Waals surface area contributed by atoms with Gasteiger partial charge in [-0.1, -0.05) is 122 Å². The second-order valence-corrected chi connectivity index (χ2v) is 10.4. The first kappa shape index (κ1) is 38.0. The fraction of sp³-hybridized carbons (Fsp3) is 0.543. The van der Waals surface area contributed by atoms with E-state index < -0.39 is 0 Å². The molecular formula is C35H59ClN2. The van der Waals surface area contributed by atoms with Gasteiger partial charge < -0.3 is 11.1 Å². The van der Waals surface area contributed by atoms with Crippen LogP contribution < -0.4 is 11.1 Å². The molecule has 1 aromatic carbocycles. The lowest BCUT2D eigenvalue weighted by Gasteiger charge is -2.22. The molecule has 0 saturated carbocycles. The Morgan fingerprint density at radius 3 is 2.03 bits per heavy atom. The molecule has 0 saturated heterocycles. The molecule has 1 aromatic rings. The zero-order chi connectivity index (χ0) is 29.5. The van der Waals surface area contributed by atoms with E-state index in [1.807, 2.05) is 39.8 Å². The van der Waals surface area contributed by atoms with Gasteiger partial charge in [0.2, 0.25) is 0 Å². The summed E-state index contributed by atoms with van der Waals surface area (Å²) >= 11 is 5.86. The van der Waals surface area contributed by atoms with E-state index >= 15 is 0 Å². The highest BCUT2D eigenvalue weighted by atomic mass is 35.5. The number of nitrogens with two attached hydrogens (primary N) is 1. The van der Waals surface area contributed by atoms with Crippen LogP contribution in [0.3, 0.4) is 0 Å². The normalized spacial score (nSPS) is 13.5. The molecule has 216 valence electrons. The fourth-order valence-electron chi connectivity index (χ4n) is 3.79. The van der Waals surface area contributed by atoms with Gasteiger partial charge in [0, 0.05) is 28.9 Å². The lowest BCUT2D eigenvalue weighted by atomic mass is 9.84. The van der Waals surface area contributed by atoms with Gasteiger partial charge in [-0.25, -0.2) is 0 Å². The molecule has 2 rings (SSSR count). The maximum absolute atomic E-state index is 5.86. The van der Waals surface area contributed by atoms with Gasteiger partial charge in [0.25, 0.3) is 0 Å². The van der Waals surface area contributed by atoms with Crippen molar-refractivity contribution in [3.05, 3.63) is 95.4 Å². The molecule has 1 unspecified atom stereocenters. The Balaban J connectivity index is 0. The van der Waals surface area contributed by atoms with Gasteiger partial charge in [0.05, 0.1) is 0 Å². The summed E-state index contributed by atoms with van der Waals surface area (Å²) < 4.78 is 0. The first-order chi connectivity index (χ1) is 18.1. The Morgan fingerprint density at radius 2 is 1.58 bits per heavy atom. The van der Waals surface area contributed by atoms with E-state index in [2.05, 4.69) is 83.1 Å². The molecule has 0 amide bonds. The van der Waals surface area contributed by atoms with Crippen molar-refractivity contribution < 1.29 is 0 Å². The highest BCUT2D eigenvalue weighted by molar-refractivity contribution is 6.30. The van der Waals surface area contributed by atoms with Gasteiger partial charge in [-0.05, 0) is 74.1 Å². The lowest BCUT2D eigenvalue weighted by molar-refractivity contribution is 0.558. The highest BCUT2D eigenvalue weighted by Crippen LogP contribution is 2.30. The Labute approximate surface area is 242 Å². The van der Waals surface area contributed by atoms with Crippen LogP contribution in [0.15, 0.2) is 84.8 Å². The van der Waals surface area contributed by atoms with E-state index in [1.165, 1.54) is 49.7 Å². The van der Waals surface area contributed by atoms with Crippen molar-refractivity contribution in [1.29, 1.82) is 0 Å². The van der Waals surface area contributed by atoms with E-state index in [9.17, 15) is 0 Å². The van der Waals surface area contributed by atoms with Crippen LogP contribution in [0.5, 0.6) is 0 Å². The second-order valence-electron chi connectivity index (χ2n) is 9.94. The van der Waals surface area contributed by atoms with Crippen LogP contribution in [0.25, 0.3) is 0 Å². The van der Waals surface area contributed by atoms with Crippen LogP contribution in [0.4, 0.5) is 0 Å². The summed E-state index contributed by atoms with van der Waals surface area (Å²) in [6.45, 7) is 29.4. The number of rotatable bonds is 12. The molecule has 3 N–H and O–H groups in total. The molecule has 38 heavy (non-hydrogen) atoms. The number of benzene rings is 1. The van der Waals surface area contributed by atoms with E-state index in [1.54, 1.807) is 5.57 Å². The minimum atomic E-state index is 0.328. The number of hydrogen-bond acceptors (Lipinski definition) is 2. The summed E-state index contributed by atoms with van der Waals surface area (Å²) in [7, 11) is 0. The average molecular weight is 543 g/mol. The third-order valence-corrected chi connectivity index (χ3v) is 6.73. The van der Waals surface area contributed by atoms with Crippen molar-refractivity contribution in [2.24, 2.45) is 17.6 Å². The van der Waals surface area contributed by atoms with Gasteiger partial charge >= 0.3 is 0 Å². The summed E-state index contributed by atoms with van der Waals surface area (Å²) in [5.41, 5.74) is 11.4. The number of nitrogens with one attached hydrogen (secondary N) is 1. The molecule has 2 atom stereocenters. The summed E-state index contributed by atoms with van der Waals surface area (Å²) in [5, 5.41) is 4.15. The summed E-state index contributed by atoms with van der Waals surface area (Å²) in [6.07, 6.45) is 15.4. The SMILES string of the molecule is C=C(N)C(C)C.C=C(NCCCC)[C@H](C)c1ccc(Cl)cc1.C=CCC(CCC)C1=CCCC=C1C.CC. The Bertz CT molecular complexity index is 830. The fourth-order valence-corrected chi connectivity index (χ4v) is 3.91. The van der Waals surface area contributed by atoms with Crippen molar-refractivity contribution in [2.75, 3.05) is 6.54 Å². The molecule has 1 aliphatic carbocycles. The first-order valence-corrected chi connectivity index (χ1v) is 15.1. The standard InChI is InChI=1S/C14H20ClN.C14H22.C5H11N.C2H6/c1-4-5-10-16-12(3)11(2)13-6-8-14(15)9-7-13;1-4-8-13(9-5-2)14-11-7-6-10-12(14)3;1-4(2)5(3)6;1-2/h6-9,11,16H,3-5,10H2,1-2H3;4,10-11,13H,1,5-9H2,2-3H3;4H,3,6H2,1-2H3;1-2H3/t11-;;;/m0.../s1. The molecular weight excluding hydrogens is 484 g/mol. The van der Waals surface area contributed by atoms with E-state index in [4.69, 9.17) is 17.3 Å². The van der Waals surface area contributed by atoms with Gasteiger partial charge in [0.15, 0.2) is 0 Å². The highest BCUT2D eigenvalue weighted by Gasteiger charge is 2.15. The monoisotopic (exact) mass is 542 g/mol. The minimum absolute atomic E-state index is 0.328. The minimum Gasteiger partial charge on any atom is -0.402 e. The number of halogens is 1. The van der Waals surface area contributed by atoms with Crippen molar-refractivity contribution in [2.45, 2.75) is 106 Å². The van der Waals surface area contributed by atoms with Gasteiger partial charge in [-0.15, -0.1) is 6.58 Å². The molecule has 1 aliphatic rings. The van der Waals surface area contributed by atoms with Crippen LogP contribution in [0.1, 0.15) is 112 Å². The quantitative estimate of drug-likeness (QED) is 0.203. The topological polar surface area (TPSA) is 38.0 Å². The van der Waals surface area contributed by atoms with E-state index in [0.29, 0.717) is 17.8 Å². The Morgan fingerprint density at radius 1 is 1.03 bits per heavy atom. The number of unbranched alkanes of at least 4 members (excludes halogenated alkanes) is 1. The van der Waals surface area contributed by atoms with Gasteiger partial charge in [-0.3, -0.25) is 0 Å². The van der Waals surface area contributed by atoms with Crippen molar-refractivity contribution in [3.8, 4) is 0 Å². The zero-order valence-electron chi connectivity index (χ0n) is 26.0. The molecule has 3 heteroatoms. The molecule has 0 spiro atoms. The maximum Gasteiger partial charge on any atom is 0.0406 e. The van der Waals surface area contributed by atoms with Crippen molar-refractivity contribution in [3.63, 3.8) is 0 Å². The van der Waals surface area contributed by atoms with Crippen molar-refractivity contribution >= 4 is 11.6 Å². The van der Waals surface area contributed by atoms with Crippen LogP contribution >= 0.6 is 11.6 Å². The smallest absolute Gasteiger partial charge is 0.0406 e.